The Morgan fingerprint density at radius 2 is 1.74 bits per heavy atom. The van der Waals surface area contributed by atoms with Crippen LogP contribution in [0.15, 0.2) is 85.2 Å². The van der Waals surface area contributed by atoms with Gasteiger partial charge in [0.05, 0.1) is 23.1 Å². The summed E-state index contributed by atoms with van der Waals surface area (Å²) >= 11 is -1.86. The van der Waals surface area contributed by atoms with E-state index >= 15 is 0 Å². The zero-order valence-corrected chi connectivity index (χ0v) is 21.9. The van der Waals surface area contributed by atoms with E-state index in [1.54, 1.807) is 24.5 Å². The molecule has 0 aliphatic carbocycles. The molecule has 0 radical (unpaired) electrons. The van der Waals surface area contributed by atoms with E-state index in [9.17, 15) is 18.0 Å². The maximum Gasteiger partial charge on any atom is 0.416 e. The Morgan fingerprint density at radius 3 is 2.44 bits per heavy atom. The summed E-state index contributed by atoms with van der Waals surface area (Å²) in [5, 5.41) is 2.69. The number of nitrogens with two attached hydrogens (primary N) is 1. The predicted octanol–water partition coefficient (Wildman–Crippen LogP) is 5.84. The van der Waals surface area contributed by atoms with Crippen LogP contribution >= 0.6 is 0 Å². The molecular formula is C28H26F3N4O3S-. The third kappa shape index (κ3) is 9.01. The number of halogens is 3. The molecule has 2 atom stereocenters. The molecule has 1 aromatic heterocycles. The summed E-state index contributed by atoms with van der Waals surface area (Å²) in [5.74, 6) is -0.563. The standard InChI is InChI=1S/C27H23F3N4O.CH4O2S/c1-17(11-24-15-32-16-25(33-24)19-6-3-9-22(31)13-19)18-5-4-10-23(14-18)34-26(35)20-7-2-8-21(12-20)27(28,29)30;1-4(2)3/h2-10,12-17H,11,31H2,1H3,(H,34,35);1H3,(H,2,3)/p-1/t17-;/m1./s1. The van der Waals surface area contributed by atoms with Crippen LogP contribution < -0.4 is 11.1 Å². The zero-order chi connectivity index (χ0) is 28.6. The lowest BCUT2D eigenvalue weighted by Gasteiger charge is -2.14. The van der Waals surface area contributed by atoms with Gasteiger partial charge in [-0.25, -0.2) is 4.98 Å². The third-order valence-corrected chi connectivity index (χ3v) is 5.55. The fourth-order valence-corrected chi connectivity index (χ4v) is 3.74. The molecule has 0 aliphatic heterocycles. The summed E-state index contributed by atoms with van der Waals surface area (Å²) in [4.78, 5) is 21.6. The van der Waals surface area contributed by atoms with Gasteiger partial charge < -0.3 is 15.6 Å². The van der Waals surface area contributed by atoms with Crippen LogP contribution in [0.25, 0.3) is 11.3 Å². The van der Waals surface area contributed by atoms with Crippen molar-refractivity contribution in [2.75, 3.05) is 17.3 Å². The van der Waals surface area contributed by atoms with Crippen LogP contribution in [-0.2, 0) is 23.7 Å². The molecule has 0 bridgehead atoms. The molecule has 3 aromatic carbocycles. The summed E-state index contributed by atoms with van der Waals surface area (Å²) in [6.07, 6.45) is 0.575. The highest BCUT2D eigenvalue weighted by Crippen LogP contribution is 2.30. The number of carbonyl (C=O) groups excluding carboxylic acids is 1. The van der Waals surface area contributed by atoms with E-state index in [0.717, 1.165) is 40.9 Å². The average Bonchev–Trinajstić information content (AvgIpc) is 2.88. The fraction of sp³-hybridized carbons (Fsp3) is 0.179. The second kappa shape index (κ2) is 13.1. The van der Waals surface area contributed by atoms with Gasteiger partial charge in [0.2, 0.25) is 0 Å². The summed E-state index contributed by atoms with van der Waals surface area (Å²) in [5.41, 5.74) is 9.44. The highest BCUT2D eigenvalue weighted by atomic mass is 32.2. The number of benzene rings is 3. The van der Waals surface area contributed by atoms with Crippen molar-refractivity contribution in [2.24, 2.45) is 0 Å². The van der Waals surface area contributed by atoms with Gasteiger partial charge in [0, 0.05) is 28.7 Å². The topological polar surface area (TPSA) is 121 Å². The van der Waals surface area contributed by atoms with E-state index in [4.69, 9.17) is 19.5 Å². The number of carbonyl (C=O) groups is 1. The van der Waals surface area contributed by atoms with Crippen LogP contribution in [0.2, 0.25) is 0 Å². The van der Waals surface area contributed by atoms with Crippen LogP contribution in [0.3, 0.4) is 0 Å². The highest BCUT2D eigenvalue weighted by Gasteiger charge is 2.30. The van der Waals surface area contributed by atoms with Crippen molar-refractivity contribution >= 4 is 28.4 Å². The minimum absolute atomic E-state index is 0.0470. The van der Waals surface area contributed by atoms with Crippen molar-refractivity contribution < 1.29 is 26.7 Å². The number of nitrogens with one attached hydrogen (secondary N) is 1. The van der Waals surface area contributed by atoms with E-state index in [1.807, 2.05) is 43.3 Å². The van der Waals surface area contributed by atoms with Crippen molar-refractivity contribution in [2.45, 2.75) is 25.4 Å². The van der Waals surface area contributed by atoms with Gasteiger partial charge in [0.1, 0.15) is 0 Å². The first-order chi connectivity index (χ1) is 18.4. The predicted molar refractivity (Wildman–Crippen MR) is 145 cm³/mol. The Labute approximate surface area is 226 Å². The molecule has 1 unspecified atom stereocenters. The quantitative estimate of drug-likeness (QED) is 0.228. The molecule has 204 valence electrons. The number of hydrogen-bond donors (Lipinski definition) is 2. The molecule has 4 aromatic rings. The van der Waals surface area contributed by atoms with Crippen LogP contribution in [-0.4, -0.2) is 30.9 Å². The van der Waals surface area contributed by atoms with Crippen molar-refractivity contribution in [1.29, 1.82) is 0 Å². The molecule has 0 saturated heterocycles. The summed E-state index contributed by atoms with van der Waals surface area (Å²) in [6, 6.07) is 19.0. The van der Waals surface area contributed by atoms with Gasteiger partial charge in [0.25, 0.3) is 5.91 Å². The number of nitrogen functional groups attached to an aromatic ring is 1. The molecule has 11 heteroatoms. The monoisotopic (exact) mass is 555 g/mol. The lowest BCUT2D eigenvalue weighted by atomic mass is 9.95. The smallest absolute Gasteiger partial charge is 0.416 e. The molecule has 0 fully saturated rings. The number of hydrogen-bond acceptors (Lipinski definition) is 6. The van der Waals surface area contributed by atoms with E-state index in [2.05, 4.69) is 10.3 Å². The summed E-state index contributed by atoms with van der Waals surface area (Å²) < 4.78 is 56.9. The second-order valence-electron chi connectivity index (χ2n) is 8.69. The van der Waals surface area contributed by atoms with Crippen molar-refractivity contribution in [3.63, 3.8) is 0 Å². The molecule has 3 N–H and O–H groups in total. The molecule has 39 heavy (non-hydrogen) atoms. The fourth-order valence-electron chi connectivity index (χ4n) is 3.74. The Hall–Kier alpha value is -4.09. The van der Waals surface area contributed by atoms with Gasteiger partial charge in [-0.15, -0.1) is 0 Å². The molecule has 0 spiro atoms. The first-order valence-electron chi connectivity index (χ1n) is 11.7. The molecule has 0 aliphatic rings. The van der Waals surface area contributed by atoms with Gasteiger partial charge in [0.15, 0.2) is 0 Å². The Bertz CT molecular complexity index is 1460. The van der Waals surface area contributed by atoms with Crippen LogP contribution in [0.4, 0.5) is 24.5 Å². The lowest BCUT2D eigenvalue weighted by molar-refractivity contribution is -0.137. The minimum atomic E-state index is -4.51. The first kappa shape index (κ1) is 29.5. The van der Waals surface area contributed by atoms with E-state index < -0.39 is 28.7 Å². The Morgan fingerprint density at radius 1 is 1.05 bits per heavy atom. The minimum Gasteiger partial charge on any atom is -0.773 e. The van der Waals surface area contributed by atoms with Gasteiger partial charge in [-0.3, -0.25) is 14.0 Å². The van der Waals surface area contributed by atoms with Gasteiger partial charge in [-0.1, -0.05) is 48.3 Å². The Kier molecular flexibility index (Phi) is 9.91. The van der Waals surface area contributed by atoms with Crippen molar-refractivity contribution in [3.05, 3.63) is 108 Å². The van der Waals surface area contributed by atoms with Gasteiger partial charge in [-0.05, 0) is 66.6 Å². The highest BCUT2D eigenvalue weighted by molar-refractivity contribution is 7.78. The lowest BCUT2D eigenvalue weighted by Crippen LogP contribution is -2.14. The number of amides is 1. The zero-order valence-electron chi connectivity index (χ0n) is 21.1. The molecule has 7 nitrogen and oxygen atoms in total. The number of alkyl halides is 3. The number of nitrogens with zero attached hydrogens (tertiary/aromatic N) is 2. The third-order valence-electron chi connectivity index (χ3n) is 5.55. The number of rotatable bonds is 6. The SMILES string of the molecule is CS(=O)[O-].C[C@H](Cc1cncc(-c2cccc(N)c2)n1)c1cccc(NC(=O)c2cccc(C(F)(F)F)c2)c1. The molecular weight excluding hydrogens is 529 g/mol. The first-order valence-corrected chi connectivity index (χ1v) is 13.2. The van der Waals surface area contributed by atoms with E-state index in [-0.39, 0.29) is 11.5 Å². The molecule has 4 rings (SSSR count). The van der Waals surface area contributed by atoms with E-state index in [1.165, 1.54) is 12.1 Å². The maximum atomic E-state index is 13.0. The normalized spacial score (nSPS) is 12.6. The van der Waals surface area contributed by atoms with Crippen LogP contribution in [0, 0.1) is 0 Å². The molecule has 0 saturated carbocycles. The molecule has 1 amide bonds. The maximum absolute atomic E-state index is 13.0. The van der Waals surface area contributed by atoms with Gasteiger partial charge in [-0.2, -0.15) is 13.2 Å². The number of aromatic nitrogens is 2. The van der Waals surface area contributed by atoms with Crippen LogP contribution in [0.5, 0.6) is 0 Å². The van der Waals surface area contributed by atoms with Crippen molar-refractivity contribution in [1.82, 2.24) is 9.97 Å². The number of anilines is 2. The summed E-state index contributed by atoms with van der Waals surface area (Å²) in [7, 11) is 0. The second-order valence-corrected chi connectivity index (χ2v) is 9.49. The van der Waals surface area contributed by atoms with Gasteiger partial charge >= 0.3 is 6.18 Å². The summed E-state index contributed by atoms with van der Waals surface area (Å²) in [6.45, 7) is 2.03. The largest absolute Gasteiger partial charge is 0.773 e. The van der Waals surface area contributed by atoms with E-state index in [0.29, 0.717) is 17.8 Å². The van der Waals surface area contributed by atoms with Crippen molar-refractivity contribution in [3.8, 4) is 11.3 Å². The van der Waals surface area contributed by atoms with Crippen LogP contribution in [0.1, 0.15) is 40.0 Å². The molecule has 1 heterocycles. The average molecular weight is 556 g/mol. The Balaban J connectivity index is 0.000000983.